The average Bonchev–Trinajstić information content (AvgIpc) is 2.68. The molecular formula is C18H20N4O4. The number of anilines is 1. The number of carbonyl (C=O) groups is 1. The molecular weight excluding hydrogens is 336 g/mol. The number of nitrogens with zero attached hydrogens (tertiary/aromatic N) is 4. The minimum Gasteiger partial charge on any atom is -0.450 e. The first-order valence-electron chi connectivity index (χ1n) is 8.46. The summed E-state index contributed by atoms with van der Waals surface area (Å²) in [6, 6.07) is 11.0. The zero-order chi connectivity index (χ0) is 18.5. The summed E-state index contributed by atoms with van der Waals surface area (Å²) in [5, 5.41) is 11.6. The molecule has 0 aliphatic carbocycles. The predicted molar refractivity (Wildman–Crippen MR) is 97.1 cm³/mol. The van der Waals surface area contributed by atoms with Crippen molar-refractivity contribution in [2.45, 2.75) is 6.92 Å². The van der Waals surface area contributed by atoms with Gasteiger partial charge in [0.1, 0.15) is 0 Å². The Morgan fingerprint density at radius 1 is 1.19 bits per heavy atom. The zero-order valence-corrected chi connectivity index (χ0v) is 14.5. The summed E-state index contributed by atoms with van der Waals surface area (Å²) < 4.78 is 4.99. The zero-order valence-electron chi connectivity index (χ0n) is 14.5. The maximum absolute atomic E-state index is 11.8. The van der Waals surface area contributed by atoms with Gasteiger partial charge in [-0.1, -0.05) is 30.3 Å². The second kappa shape index (κ2) is 7.81. The number of carbonyl (C=O) groups excluding carboxylic acids is 1. The fraction of sp³-hybridized carbons (Fsp3) is 0.333. The van der Waals surface area contributed by atoms with E-state index < -0.39 is 4.92 Å². The largest absolute Gasteiger partial charge is 0.450 e. The van der Waals surface area contributed by atoms with E-state index in [-0.39, 0.29) is 11.8 Å². The Labute approximate surface area is 151 Å². The van der Waals surface area contributed by atoms with Crippen LogP contribution < -0.4 is 4.90 Å². The number of hydrogen-bond donors (Lipinski definition) is 0. The minimum absolute atomic E-state index is 0.0315. The van der Waals surface area contributed by atoms with Gasteiger partial charge in [0.05, 0.1) is 11.5 Å². The molecule has 136 valence electrons. The molecule has 0 spiro atoms. The van der Waals surface area contributed by atoms with Gasteiger partial charge in [0, 0.05) is 44.0 Å². The lowest BCUT2D eigenvalue weighted by Gasteiger charge is -2.34. The van der Waals surface area contributed by atoms with E-state index in [1.807, 2.05) is 35.2 Å². The lowest BCUT2D eigenvalue weighted by molar-refractivity contribution is -0.384. The highest BCUT2D eigenvalue weighted by atomic mass is 16.6. The second-order valence-electron chi connectivity index (χ2n) is 5.86. The molecule has 1 aromatic heterocycles. The van der Waals surface area contributed by atoms with Crippen LogP contribution in [0, 0.1) is 10.1 Å². The highest BCUT2D eigenvalue weighted by Crippen LogP contribution is 2.31. The first-order valence-corrected chi connectivity index (χ1v) is 8.46. The van der Waals surface area contributed by atoms with Gasteiger partial charge in [-0.25, -0.2) is 9.78 Å². The fourth-order valence-corrected chi connectivity index (χ4v) is 2.93. The third-order valence-electron chi connectivity index (χ3n) is 4.26. The molecule has 8 nitrogen and oxygen atoms in total. The Morgan fingerprint density at radius 3 is 2.50 bits per heavy atom. The molecule has 1 saturated heterocycles. The van der Waals surface area contributed by atoms with Crippen LogP contribution in [0.2, 0.25) is 0 Å². The third kappa shape index (κ3) is 3.74. The minimum atomic E-state index is -0.410. The average molecular weight is 356 g/mol. The number of ether oxygens (including phenoxy) is 1. The molecule has 3 rings (SSSR count). The lowest BCUT2D eigenvalue weighted by atomic mass is 10.1. The van der Waals surface area contributed by atoms with Crippen molar-refractivity contribution < 1.29 is 14.5 Å². The summed E-state index contributed by atoms with van der Waals surface area (Å²) >= 11 is 0. The molecule has 0 radical (unpaired) electrons. The van der Waals surface area contributed by atoms with Crippen molar-refractivity contribution in [1.29, 1.82) is 0 Å². The van der Waals surface area contributed by atoms with Crippen LogP contribution in [-0.4, -0.2) is 53.7 Å². The van der Waals surface area contributed by atoms with Crippen LogP contribution in [0.4, 0.5) is 16.3 Å². The van der Waals surface area contributed by atoms with Crippen LogP contribution in [0.25, 0.3) is 11.1 Å². The van der Waals surface area contributed by atoms with Gasteiger partial charge in [-0.3, -0.25) is 10.1 Å². The summed E-state index contributed by atoms with van der Waals surface area (Å²) in [5.74, 6) is 0.332. The number of piperazine rings is 1. The molecule has 0 bridgehead atoms. The number of amides is 1. The molecule has 1 fully saturated rings. The smallest absolute Gasteiger partial charge is 0.409 e. The van der Waals surface area contributed by atoms with Crippen molar-refractivity contribution in [3.8, 4) is 11.1 Å². The first kappa shape index (κ1) is 17.7. The van der Waals surface area contributed by atoms with Gasteiger partial charge in [0.15, 0.2) is 0 Å². The Kier molecular flexibility index (Phi) is 5.31. The van der Waals surface area contributed by atoms with Gasteiger partial charge >= 0.3 is 11.8 Å². The van der Waals surface area contributed by atoms with E-state index >= 15 is 0 Å². The lowest BCUT2D eigenvalue weighted by Crippen LogP contribution is -2.49. The topological polar surface area (TPSA) is 88.8 Å². The monoisotopic (exact) mass is 356 g/mol. The van der Waals surface area contributed by atoms with Gasteiger partial charge in [-0.2, -0.15) is 0 Å². The highest BCUT2D eigenvalue weighted by Gasteiger charge is 2.27. The van der Waals surface area contributed by atoms with Crippen LogP contribution in [-0.2, 0) is 4.74 Å². The quantitative estimate of drug-likeness (QED) is 0.618. The van der Waals surface area contributed by atoms with Gasteiger partial charge in [-0.05, 0) is 12.5 Å². The summed E-state index contributed by atoms with van der Waals surface area (Å²) in [6.45, 7) is 3.91. The standard InChI is InChI=1S/C18H20N4O4/c1-2-26-18(23)21-10-8-20(9-11-21)17-16(22(24)25)12-15(13-19-17)14-6-4-3-5-7-14/h3-7,12-13H,2,8-11H2,1H3. The van der Waals surface area contributed by atoms with Gasteiger partial charge in [-0.15, -0.1) is 0 Å². The van der Waals surface area contributed by atoms with Crippen LogP contribution in [0.1, 0.15) is 6.92 Å². The van der Waals surface area contributed by atoms with Crippen molar-refractivity contribution in [2.75, 3.05) is 37.7 Å². The summed E-state index contributed by atoms with van der Waals surface area (Å²) in [5.41, 5.74) is 1.55. The van der Waals surface area contributed by atoms with Crippen molar-refractivity contribution >= 4 is 17.6 Å². The molecule has 26 heavy (non-hydrogen) atoms. The van der Waals surface area contributed by atoms with Gasteiger partial charge in [0.2, 0.25) is 5.82 Å². The molecule has 0 atom stereocenters. The number of aromatic nitrogens is 1. The number of benzene rings is 1. The van der Waals surface area contributed by atoms with Crippen LogP contribution in [0.5, 0.6) is 0 Å². The van der Waals surface area contributed by atoms with Gasteiger partial charge < -0.3 is 14.5 Å². The summed E-state index contributed by atoms with van der Waals surface area (Å²) in [6.07, 6.45) is 1.30. The summed E-state index contributed by atoms with van der Waals surface area (Å²) in [7, 11) is 0. The van der Waals surface area contributed by atoms with Crippen molar-refractivity contribution in [3.05, 3.63) is 52.7 Å². The molecule has 0 unspecified atom stereocenters. The molecule has 2 heterocycles. The Bertz CT molecular complexity index is 789. The van der Waals surface area contributed by atoms with Crippen LogP contribution >= 0.6 is 0 Å². The molecule has 1 aromatic carbocycles. The molecule has 1 amide bonds. The van der Waals surface area contributed by atoms with Crippen molar-refractivity contribution in [2.24, 2.45) is 0 Å². The maximum Gasteiger partial charge on any atom is 0.409 e. The van der Waals surface area contributed by atoms with E-state index in [4.69, 9.17) is 4.74 Å². The van der Waals surface area contributed by atoms with Gasteiger partial charge in [0.25, 0.3) is 0 Å². The van der Waals surface area contributed by atoms with Crippen molar-refractivity contribution in [1.82, 2.24) is 9.88 Å². The van der Waals surface area contributed by atoms with E-state index in [1.54, 1.807) is 24.1 Å². The molecule has 2 aromatic rings. The first-order chi connectivity index (χ1) is 12.6. The van der Waals surface area contributed by atoms with Crippen LogP contribution in [0.15, 0.2) is 42.6 Å². The summed E-state index contributed by atoms with van der Waals surface area (Å²) in [4.78, 5) is 30.7. The number of rotatable bonds is 4. The molecule has 0 saturated carbocycles. The predicted octanol–water partition coefficient (Wildman–Crippen LogP) is 2.94. The Balaban J connectivity index is 1.80. The van der Waals surface area contributed by atoms with E-state index in [1.165, 1.54) is 0 Å². The maximum atomic E-state index is 11.8. The number of pyridine rings is 1. The van der Waals surface area contributed by atoms with E-state index in [0.717, 1.165) is 5.56 Å². The molecule has 1 aliphatic rings. The van der Waals surface area contributed by atoms with E-state index in [2.05, 4.69) is 4.98 Å². The van der Waals surface area contributed by atoms with E-state index in [0.29, 0.717) is 44.2 Å². The molecule has 8 heteroatoms. The Morgan fingerprint density at radius 2 is 1.88 bits per heavy atom. The SMILES string of the molecule is CCOC(=O)N1CCN(c2ncc(-c3ccccc3)cc2[N+](=O)[O-])CC1. The highest BCUT2D eigenvalue weighted by molar-refractivity contribution is 5.71. The molecule has 1 aliphatic heterocycles. The third-order valence-corrected chi connectivity index (χ3v) is 4.26. The number of hydrogen-bond acceptors (Lipinski definition) is 6. The Hall–Kier alpha value is -3.16. The molecule has 0 N–H and O–H groups in total. The van der Waals surface area contributed by atoms with E-state index in [9.17, 15) is 14.9 Å². The van der Waals surface area contributed by atoms with Crippen molar-refractivity contribution in [3.63, 3.8) is 0 Å². The normalized spacial score (nSPS) is 14.2. The number of nitro groups is 1. The second-order valence-corrected chi connectivity index (χ2v) is 5.86. The van der Waals surface area contributed by atoms with Crippen LogP contribution in [0.3, 0.4) is 0 Å². The fourth-order valence-electron chi connectivity index (χ4n) is 2.93.